The summed E-state index contributed by atoms with van der Waals surface area (Å²) in [5.74, 6) is 6.92. The summed E-state index contributed by atoms with van der Waals surface area (Å²) in [5.41, 5.74) is 3.16. The molecule has 2 heteroatoms. The van der Waals surface area contributed by atoms with Gasteiger partial charge in [0.15, 0.2) is 0 Å². The Morgan fingerprint density at radius 2 is 2.00 bits per heavy atom. The summed E-state index contributed by atoms with van der Waals surface area (Å²) in [6.45, 7) is 0. The maximum Gasteiger partial charge on any atom is 0.0753 e. The molecular weight excluding hydrogens is 256 g/mol. The molecule has 2 nitrogen and oxygen atoms in total. The van der Waals surface area contributed by atoms with Gasteiger partial charge in [0.1, 0.15) is 0 Å². The lowest BCUT2D eigenvalue weighted by Crippen LogP contribution is -2.00. The first-order valence-electron chi connectivity index (χ1n) is 7.25. The topological polar surface area (TPSA) is 36.7 Å². The average molecular weight is 272 g/mol. The van der Waals surface area contributed by atoms with Crippen molar-refractivity contribution < 1.29 is 0 Å². The molecule has 0 radical (unpaired) electrons. The third-order valence-electron chi connectivity index (χ3n) is 3.63. The summed E-state index contributed by atoms with van der Waals surface area (Å²) in [6.07, 6.45) is 6.74. The molecule has 0 saturated heterocycles. The summed E-state index contributed by atoms with van der Waals surface area (Å²) in [6, 6.07) is 14.3. The number of pyridine rings is 1. The molecule has 1 aliphatic carbocycles. The van der Waals surface area contributed by atoms with Gasteiger partial charge < -0.3 is 0 Å². The lowest BCUT2D eigenvalue weighted by atomic mass is 9.93. The molecule has 102 valence electrons. The second-order valence-corrected chi connectivity index (χ2v) is 5.41. The molecule has 3 rings (SSSR count). The van der Waals surface area contributed by atoms with Crippen molar-refractivity contribution in [3.63, 3.8) is 0 Å². The van der Waals surface area contributed by atoms with Gasteiger partial charge >= 0.3 is 0 Å². The summed E-state index contributed by atoms with van der Waals surface area (Å²) >= 11 is 0. The van der Waals surface area contributed by atoms with Gasteiger partial charge in [-0.05, 0) is 48.6 Å². The van der Waals surface area contributed by atoms with E-state index in [0.29, 0.717) is 12.3 Å². The van der Waals surface area contributed by atoms with Crippen LogP contribution in [0.3, 0.4) is 0 Å². The van der Waals surface area contributed by atoms with E-state index in [1.54, 1.807) is 6.20 Å². The molecular formula is C19H16N2. The number of hydrogen-bond acceptors (Lipinski definition) is 2. The Morgan fingerprint density at radius 1 is 1.19 bits per heavy atom. The van der Waals surface area contributed by atoms with Crippen molar-refractivity contribution in [1.82, 2.24) is 4.98 Å². The Bertz CT molecular complexity index is 695. The van der Waals surface area contributed by atoms with Crippen LogP contribution in [0.15, 0.2) is 48.8 Å². The van der Waals surface area contributed by atoms with Crippen LogP contribution in [-0.4, -0.2) is 4.98 Å². The van der Waals surface area contributed by atoms with Gasteiger partial charge in [0.25, 0.3) is 0 Å². The molecule has 1 aromatic carbocycles. The van der Waals surface area contributed by atoms with Crippen molar-refractivity contribution in [3.8, 4) is 17.9 Å². The first-order valence-corrected chi connectivity index (χ1v) is 7.25. The Labute approximate surface area is 125 Å². The van der Waals surface area contributed by atoms with Crippen LogP contribution in [0.4, 0.5) is 0 Å². The highest BCUT2D eigenvalue weighted by Crippen LogP contribution is 2.27. The summed E-state index contributed by atoms with van der Waals surface area (Å²) in [4.78, 5) is 4.10. The molecule has 1 saturated carbocycles. The smallest absolute Gasteiger partial charge is 0.0753 e. The lowest BCUT2D eigenvalue weighted by Gasteiger charge is -2.09. The van der Waals surface area contributed by atoms with Gasteiger partial charge in [0.2, 0.25) is 0 Å². The second kappa shape index (κ2) is 6.25. The molecule has 1 heterocycles. The first-order chi connectivity index (χ1) is 10.3. The zero-order valence-electron chi connectivity index (χ0n) is 11.8. The van der Waals surface area contributed by atoms with Crippen molar-refractivity contribution in [2.24, 2.45) is 5.92 Å². The minimum Gasteiger partial charge on any atom is -0.264 e. The highest BCUT2D eigenvalue weighted by atomic mass is 14.6. The van der Waals surface area contributed by atoms with E-state index >= 15 is 0 Å². The molecule has 0 bridgehead atoms. The zero-order chi connectivity index (χ0) is 14.5. The van der Waals surface area contributed by atoms with Crippen LogP contribution in [0.1, 0.15) is 35.4 Å². The monoisotopic (exact) mass is 272 g/mol. The maximum absolute atomic E-state index is 9.40. The van der Waals surface area contributed by atoms with Crippen molar-refractivity contribution in [1.29, 1.82) is 5.26 Å². The van der Waals surface area contributed by atoms with E-state index in [0.717, 1.165) is 16.7 Å². The van der Waals surface area contributed by atoms with Crippen molar-refractivity contribution in [2.45, 2.75) is 25.2 Å². The molecule has 21 heavy (non-hydrogen) atoms. The molecule has 1 fully saturated rings. The number of nitriles is 1. The van der Waals surface area contributed by atoms with Gasteiger partial charge in [0.05, 0.1) is 12.0 Å². The van der Waals surface area contributed by atoms with Crippen LogP contribution >= 0.6 is 0 Å². The fourth-order valence-electron chi connectivity index (χ4n) is 2.20. The van der Waals surface area contributed by atoms with E-state index in [-0.39, 0.29) is 5.92 Å². The van der Waals surface area contributed by atoms with Crippen LogP contribution in [0.2, 0.25) is 0 Å². The minimum atomic E-state index is -0.139. The summed E-state index contributed by atoms with van der Waals surface area (Å²) < 4.78 is 0. The van der Waals surface area contributed by atoms with Crippen molar-refractivity contribution >= 4 is 0 Å². The fraction of sp³-hybridized carbons (Fsp3) is 0.263. The third-order valence-corrected chi connectivity index (χ3v) is 3.63. The van der Waals surface area contributed by atoms with Crippen molar-refractivity contribution in [2.75, 3.05) is 0 Å². The number of hydrogen-bond donors (Lipinski definition) is 0. The van der Waals surface area contributed by atoms with Crippen LogP contribution in [0.5, 0.6) is 0 Å². The molecule has 2 aromatic rings. The van der Waals surface area contributed by atoms with Gasteiger partial charge in [-0.15, -0.1) is 0 Å². The normalized spacial score (nSPS) is 14.6. The highest BCUT2D eigenvalue weighted by Gasteiger charge is 2.17. The van der Waals surface area contributed by atoms with Crippen LogP contribution < -0.4 is 0 Å². The largest absolute Gasteiger partial charge is 0.264 e. The molecule has 1 aliphatic rings. The molecule has 1 aromatic heterocycles. The Morgan fingerprint density at radius 3 is 2.62 bits per heavy atom. The Kier molecular flexibility index (Phi) is 3.99. The molecule has 1 atom stereocenters. The van der Waals surface area contributed by atoms with E-state index in [4.69, 9.17) is 0 Å². The van der Waals surface area contributed by atoms with Gasteiger partial charge in [-0.25, -0.2) is 0 Å². The minimum absolute atomic E-state index is 0.139. The van der Waals surface area contributed by atoms with Gasteiger partial charge in [0, 0.05) is 23.9 Å². The zero-order valence-corrected chi connectivity index (χ0v) is 11.8. The second-order valence-electron chi connectivity index (χ2n) is 5.41. The molecule has 0 amide bonds. The number of benzene rings is 1. The molecule has 0 N–H and O–H groups in total. The number of rotatable bonds is 3. The van der Waals surface area contributed by atoms with E-state index in [2.05, 4.69) is 22.9 Å². The molecule has 0 aliphatic heterocycles. The number of nitrogens with zero attached hydrogens (tertiary/aromatic N) is 2. The van der Waals surface area contributed by atoms with Gasteiger partial charge in [-0.3, -0.25) is 4.98 Å². The van der Waals surface area contributed by atoms with Crippen molar-refractivity contribution in [3.05, 3.63) is 65.5 Å². The molecule has 0 spiro atoms. The predicted molar refractivity (Wildman–Crippen MR) is 82.3 cm³/mol. The summed E-state index contributed by atoms with van der Waals surface area (Å²) in [5, 5.41) is 9.40. The molecule has 1 unspecified atom stereocenters. The Hall–Kier alpha value is -2.58. The van der Waals surface area contributed by atoms with Crippen LogP contribution in [0, 0.1) is 29.1 Å². The first kappa shape index (κ1) is 13.4. The maximum atomic E-state index is 9.40. The lowest BCUT2D eigenvalue weighted by molar-refractivity contribution is 0.844. The van der Waals surface area contributed by atoms with E-state index in [9.17, 15) is 5.26 Å². The van der Waals surface area contributed by atoms with E-state index < -0.39 is 0 Å². The van der Waals surface area contributed by atoms with Gasteiger partial charge in [-0.1, -0.05) is 30.0 Å². The number of aromatic nitrogens is 1. The highest BCUT2D eigenvalue weighted by molar-refractivity contribution is 5.39. The third kappa shape index (κ3) is 3.71. The predicted octanol–water partition coefficient (Wildman–Crippen LogP) is 3.69. The summed E-state index contributed by atoms with van der Waals surface area (Å²) in [7, 11) is 0. The average Bonchev–Trinajstić information content (AvgIpc) is 3.37. The standard InChI is InChI=1S/C19H16N2/c20-13-19(12-17-2-1-11-21-14-17)18-9-7-16(8-10-18)6-5-15-3-4-15/h1-2,7-11,14-15,19H,3-4,12H2. The SMILES string of the molecule is N#CC(Cc1cccnc1)c1ccc(C#CC2CC2)cc1. The quantitative estimate of drug-likeness (QED) is 0.799. The van der Waals surface area contributed by atoms with Crippen LogP contribution in [-0.2, 0) is 6.42 Å². The van der Waals surface area contributed by atoms with E-state index in [1.165, 1.54) is 12.8 Å². The Balaban J connectivity index is 1.72. The van der Waals surface area contributed by atoms with Gasteiger partial charge in [-0.2, -0.15) is 5.26 Å². The van der Waals surface area contributed by atoms with E-state index in [1.807, 2.05) is 42.6 Å². The fourth-order valence-corrected chi connectivity index (χ4v) is 2.20. The van der Waals surface area contributed by atoms with Crippen LogP contribution in [0.25, 0.3) is 0 Å².